The summed E-state index contributed by atoms with van der Waals surface area (Å²) < 4.78 is 6.19. The van der Waals surface area contributed by atoms with Gasteiger partial charge in [0.25, 0.3) is 0 Å². The third-order valence-corrected chi connectivity index (χ3v) is 6.69. The second-order valence-corrected chi connectivity index (χ2v) is 8.47. The van der Waals surface area contributed by atoms with Gasteiger partial charge in [0.15, 0.2) is 0 Å². The van der Waals surface area contributed by atoms with Crippen LogP contribution in [0.15, 0.2) is 42.5 Å². The molecule has 2 aromatic carbocycles. The number of benzene rings is 2. The highest BCUT2D eigenvalue weighted by Crippen LogP contribution is 2.53. The Morgan fingerprint density at radius 1 is 1.04 bits per heavy atom. The normalized spacial score (nSPS) is 25.5. The minimum Gasteiger partial charge on any atom is -0.364 e. The van der Waals surface area contributed by atoms with Crippen LogP contribution < -0.4 is 0 Å². The number of hydrogen-bond acceptors (Lipinski definition) is 2. The van der Waals surface area contributed by atoms with E-state index >= 15 is 0 Å². The number of hydrogen-bond donors (Lipinski definition) is 0. The van der Waals surface area contributed by atoms with E-state index in [2.05, 4.69) is 18.2 Å². The third kappa shape index (κ3) is 2.34. The van der Waals surface area contributed by atoms with Crippen LogP contribution in [0.4, 0.5) is 0 Å². The molecule has 2 aromatic rings. The fourth-order valence-electron chi connectivity index (χ4n) is 4.58. The molecule has 2 fully saturated rings. The lowest BCUT2D eigenvalue weighted by Gasteiger charge is -2.27. The fourth-order valence-corrected chi connectivity index (χ4v) is 5.17. The van der Waals surface area contributed by atoms with Crippen molar-refractivity contribution in [3.8, 4) is 0 Å². The zero-order chi connectivity index (χ0) is 17.9. The molecule has 26 heavy (non-hydrogen) atoms. The molecule has 1 amide bonds. The van der Waals surface area contributed by atoms with Crippen molar-refractivity contribution in [2.24, 2.45) is 0 Å². The molecular formula is C21H19Cl2NO2. The molecule has 1 saturated heterocycles. The SMILES string of the molecule is O=C(N1CCC2(C1)OCc1ccccc12)C1(c2ccc(Cl)cc2Cl)CC1. The first-order valence-electron chi connectivity index (χ1n) is 9.01. The number of carbonyl (C=O) groups excluding carboxylic acids is 1. The molecular weight excluding hydrogens is 369 g/mol. The van der Waals surface area contributed by atoms with Gasteiger partial charge in [-0.25, -0.2) is 0 Å². The van der Waals surface area contributed by atoms with E-state index in [9.17, 15) is 4.79 Å². The Hall–Kier alpha value is -1.55. The molecule has 1 spiro atoms. The molecule has 3 nitrogen and oxygen atoms in total. The van der Waals surface area contributed by atoms with Gasteiger partial charge < -0.3 is 9.64 Å². The summed E-state index contributed by atoms with van der Waals surface area (Å²) in [5.41, 5.74) is 2.56. The third-order valence-electron chi connectivity index (χ3n) is 6.14. The fraction of sp³-hybridized carbons (Fsp3) is 0.381. The minimum absolute atomic E-state index is 0.173. The van der Waals surface area contributed by atoms with Gasteiger partial charge in [0.2, 0.25) is 5.91 Å². The average Bonchev–Trinajstić information content (AvgIpc) is 3.20. The molecule has 0 radical (unpaired) electrons. The van der Waals surface area contributed by atoms with Gasteiger partial charge in [-0.05, 0) is 48.1 Å². The van der Waals surface area contributed by atoms with E-state index < -0.39 is 5.41 Å². The Kier molecular flexibility index (Phi) is 3.66. The lowest BCUT2D eigenvalue weighted by molar-refractivity contribution is -0.134. The van der Waals surface area contributed by atoms with Gasteiger partial charge in [-0.3, -0.25) is 4.79 Å². The maximum absolute atomic E-state index is 13.4. The lowest BCUT2D eigenvalue weighted by Crippen LogP contribution is -2.40. The molecule has 5 heteroatoms. The van der Waals surface area contributed by atoms with Crippen molar-refractivity contribution in [2.75, 3.05) is 13.1 Å². The maximum atomic E-state index is 13.4. The number of amides is 1. The van der Waals surface area contributed by atoms with Crippen LogP contribution in [0.25, 0.3) is 0 Å². The van der Waals surface area contributed by atoms with E-state index in [1.165, 1.54) is 11.1 Å². The molecule has 2 heterocycles. The van der Waals surface area contributed by atoms with E-state index in [0.29, 0.717) is 23.2 Å². The van der Waals surface area contributed by atoms with Gasteiger partial charge in [0, 0.05) is 16.6 Å². The molecule has 2 aliphatic heterocycles. The van der Waals surface area contributed by atoms with Crippen LogP contribution >= 0.6 is 23.2 Å². The summed E-state index contributed by atoms with van der Waals surface area (Å²) in [6, 6.07) is 13.8. The lowest BCUT2D eigenvalue weighted by atomic mass is 9.91. The summed E-state index contributed by atoms with van der Waals surface area (Å²) in [4.78, 5) is 15.4. The Balaban J connectivity index is 1.43. The second-order valence-electron chi connectivity index (χ2n) is 7.62. The van der Waals surface area contributed by atoms with E-state index in [4.69, 9.17) is 27.9 Å². The standard InChI is InChI=1S/C21H19Cl2NO2/c22-15-5-6-17(18(23)11-15)20(7-8-20)19(25)24-10-9-21(13-24)16-4-2-1-3-14(16)12-26-21/h1-6,11H,7-10,12-13H2. The van der Waals surface area contributed by atoms with Gasteiger partial charge in [0.1, 0.15) is 5.60 Å². The molecule has 5 rings (SSSR count). The van der Waals surface area contributed by atoms with Crippen LogP contribution in [-0.4, -0.2) is 23.9 Å². The first-order valence-corrected chi connectivity index (χ1v) is 9.77. The van der Waals surface area contributed by atoms with Crippen LogP contribution in [0.2, 0.25) is 10.0 Å². The Morgan fingerprint density at radius 2 is 1.85 bits per heavy atom. The van der Waals surface area contributed by atoms with E-state index in [1.807, 2.05) is 23.1 Å². The van der Waals surface area contributed by atoms with Crippen LogP contribution in [0.5, 0.6) is 0 Å². The highest BCUT2D eigenvalue weighted by molar-refractivity contribution is 6.35. The summed E-state index contributed by atoms with van der Waals surface area (Å²) in [7, 11) is 0. The zero-order valence-corrected chi connectivity index (χ0v) is 15.8. The van der Waals surface area contributed by atoms with Crippen molar-refractivity contribution >= 4 is 29.1 Å². The van der Waals surface area contributed by atoms with Crippen LogP contribution in [0.3, 0.4) is 0 Å². The molecule has 0 N–H and O–H groups in total. The van der Waals surface area contributed by atoms with Gasteiger partial charge in [-0.15, -0.1) is 0 Å². The molecule has 1 aliphatic carbocycles. The predicted octanol–water partition coefficient (Wildman–Crippen LogP) is 4.68. The van der Waals surface area contributed by atoms with Crippen molar-refractivity contribution in [1.82, 2.24) is 4.90 Å². The highest BCUT2D eigenvalue weighted by Gasteiger charge is 2.57. The molecule has 1 saturated carbocycles. The first kappa shape index (κ1) is 16.6. The van der Waals surface area contributed by atoms with Crippen LogP contribution in [0, 0.1) is 0 Å². The number of ether oxygens (including phenoxy) is 1. The molecule has 0 aromatic heterocycles. The number of nitrogens with zero attached hydrogens (tertiary/aromatic N) is 1. The Labute approximate surface area is 162 Å². The van der Waals surface area contributed by atoms with E-state index in [1.54, 1.807) is 6.07 Å². The number of likely N-dealkylation sites (tertiary alicyclic amines) is 1. The molecule has 1 atom stereocenters. The van der Waals surface area contributed by atoms with Crippen molar-refractivity contribution in [1.29, 1.82) is 0 Å². The van der Waals surface area contributed by atoms with Crippen molar-refractivity contribution in [2.45, 2.75) is 36.9 Å². The molecule has 1 unspecified atom stereocenters. The van der Waals surface area contributed by atoms with Crippen molar-refractivity contribution in [3.63, 3.8) is 0 Å². The van der Waals surface area contributed by atoms with Crippen molar-refractivity contribution < 1.29 is 9.53 Å². The summed E-state index contributed by atoms with van der Waals surface area (Å²) >= 11 is 12.4. The average molecular weight is 388 g/mol. The zero-order valence-electron chi connectivity index (χ0n) is 14.3. The minimum atomic E-state index is -0.481. The summed E-state index contributed by atoms with van der Waals surface area (Å²) in [5, 5.41) is 1.18. The smallest absolute Gasteiger partial charge is 0.233 e. The predicted molar refractivity (Wildman–Crippen MR) is 101 cm³/mol. The summed E-state index contributed by atoms with van der Waals surface area (Å²) in [6.07, 6.45) is 2.53. The summed E-state index contributed by atoms with van der Waals surface area (Å²) in [6.45, 7) is 1.97. The number of carbonyl (C=O) groups is 1. The summed E-state index contributed by atoms with van der Waals surface area (Å²) in [5.74, 6) is 0.173. The van der Waals surface area contributed by atoms with E-state index in [-0.39, 0.29) is 11.5 Å². The van der Waals surface area contributed by atoms with Crippen LogP contribution in [0.1, 0.15) is 36.0 Å². The van der Waals surface area contributed by atoms with E-state index in [0.717, 1.165) is 31.4 Å². The largest absolute Gasteiger partial charge is 0.364 e. The van der Waals surface area contributed by atoms with Crippen molar-refractivity contribution in [3.05, 3.63) is 69.2 Å². The first-order chi connectivity index (χ1) is 12.5. The topological polar surface area (TPSA) is 29.5 Å². The second kappa shape index (κ2) is 5.72. The highest BCUT2D eigenvalue weighted by atomic mass is 35.5. The number of fused-ring (bicyclic) bond motifs is 2. The number of rotatable bonds is 2. The van der Waals surface area contributed by atoms with Gasteiger partial charge in [-0.2, -0.15) is 0 Å². The van der Waals surface area contributed by atoms with Gasteiger partial charge in [0.05, 0.1) is 18.6 Å². The maximum Gasteiger partial charge on any atom is 0.233 e. The number of halogens is 2. The molecule has 0 bridgehead atoms. The quantitative estimate of drug-likeness (QED) is 0.748. The Bertz CT molecular complexity index is 909. The monoisotopic (exact) mass is 387 g/mol. The van der Waals surface area contributed by atoms with Crippen LogP contribution in [-0.2, 0) is 27.2 Å². The Morgan fingerprint density at radius 3 is 2.62 bits per heavy atom. The van der Waals surface area contributed by atoms with Gasteiger partial charge in [-0.1, -0.05) is 53.5 Å². The molecule has 134 valence electrons. The van der Waals surface area contributed by atoms with Gasteiger partial charge >= 0.3 is 0 Å². The molecule has 3 aliphatic rings.